The minimum absolute atomic E-state index is 0.0808. The van der Waals surface area contributed by atoms with E-state index in [0.29, 0.717) is 23.5 Å². The van der Waals surface area contributed by atoms with E-state index in [1.807, 2.05) is 48.5 Å². The number of nitrogens with one attached hydrogen (secondary N) is 3. The molecule has 3 aromatic carbocycles. The highest BCUT2D eigenvalue weighted by Crippen LogP contribution is 2.32. The first kappa shape index (κ1) is 21.2. The van der Waals surface area contributed by atoms with Crippen molar-refractivity contribution < 1.29 is 14.3 Å². The number of urea groups is 1. The van der Waals surface area contributed by atoms with Crippen LogP contribution in [0.4, 0.5) is 16.2 Å². The number of aryl methyl sites for hydroxylation is 1. The van der Waals surface area contributed by atoms with Gasteiger partial charge in [0, 0.05) is 12.1 Å². The molecule has 0 bridgehead atoms. The molecule has 0 aromatic heterocycles. The van der Waals surface area contributed by atoms with Gasteiger partial charge in [0.25, 0.3) is 5.91 Å². The number of amides is 3. The molecule has 0 fully saturated rings. The van der Waals surface area contributed by atoms with Gasteiger partial charge in [0.2, 0.25) is 0 Å². The number of para-hydroxylation sites is 2. The lowest BCUT2D eigenvalue weighted by Gasteiger charge is -2.15. The fourth-order valence-corrected chi connectivity index (χ4v) is 3.85. The fourth-order valence-electron chi connectivity index (χ4n) is 3.85. The summed E-state index contributed by atoms with van der Waals surface area (Å²) in [6, 6.07) is 20.0. The van der Waals surface area contributed by atoms with Crippen molar-refractivity contribution in [1.29, 1.82) is 0 Å². The number of ether oxygens (including phenoxy) is 1. The summed E-state index contributed by atoms with van der Waals surface area (Å²) in [4.78, 5) is 25.0. The predicted octanol–water partition coefficient (Wildman–Crippen LogP) is 4.02. The highest BCUT2D eigenvalue weighted by Gasteiger charge is 2.25. The molecule has 32 heavy (non-hydrogen) atoms. The van der Waals surface area contributed by atoms with Crippen molar-refractivity contribution in [3.05, 3.63) is 89.0 Å². The van der Waals surface area contributed by atoms with Crippen LogP contribution in [0, 0.1) is 0 Å². The largest absolute Gasteiger partial charge is 0.497 e. The van der Waals surface area contributed by atoms with Crippen LogP contribution in [-0.4, -0.2) is 19.0 Å². The fraction of sp³-hybridized carbons (Fsp3) is 0.200. The van der Waals surface area contributed by atoms with E-state index in [1.54, 1.807) is 25.3 Å². The lowest BCUT2D eigenvalue weighted by atomic mass is 10.0. The lowest BCUT2D eigenvalue weighted by molar-refractivity contribution is 0.102. The van der Waals surface area contributed by atoms with Crippen molar-refractivity contribution in [3.63, 3.8) is 0 Å². The molecular weight excluding hydrogens is 404 g/mol. The second-order valence-electron chi connectivity index (χ2n) is 7.72. The van der Waals surface area contributed by atoms with E-state index in [0.717, 1.165) is 35.3 Å². The average Bonchev–Trinajstić information content (AvgIpc) is 3.21. The Kier molecular flexibility index (Phi) is 6.26. The van der Waals surface area contributed by atoms with E-state index in [9.17, 15) is 9.59 Å². The molecule has 1 aliphatic carbocycles. The van der Waals surface area contributed by atoms with Crippen LogP contribution < -0.4 is 26.4 Å². The SMILES string of the molecule is COc1ccc(CNC(=O)NC2CCc3cc(C(=O)Nc4ccccc4N)ccc32)cc1. The van der Waals surface area contributed by atoms with Crippen LogP contribution in [0.15, 0.2) is 66.7 Å². The smallest absolute Gasteiger partial charge is 0.315 e. The molecular formula is C25H26N4O3. The summed E-state index contributed by atoms with van der Waals surface area (Å²) < 4.78 is 5.14. The van der Waals surface area contributed by atoms with Gasteiger partial charge in [-0.25, -0.2) is 4.79 Å². The van der Waals surface area contributed by atoms with Gasteiger partial charge >= 0.3 is 6.03 Å². The zero-order chi connectivity index (χ0) is 22.5. The number of hydrogen-bond donors (Lipinski definition) is 4. The molecule has 7 nitrogen and oxygen atoms in total. The Morgan fingerprint density at radius 2 is 1.84 bits per heavy atom. The molecule has 1 atom stereocenters. The number of anilines is 2. The number of methoxy groups -OCH3 is 1. The van der Waals surface area contributed by atoms with E-state index in [-0.39, 0.29) is 18.0 Å². The molecule has 0 radical (unpaired) electrons. The third-order valence-electron chi connectivity index (χ3n) is 5.61. The predicted molar refractivity (Wildman–Crippen MR) is 125 cm³/mol. The number of benzene rings is 3. The highest BCUT2D eigenvalue weighted by molar-refractivity contribution is 6.05. The van der Waals surface area contributed by atoms with Crippen LogP contribution in [0.5, 0.6) is 5.75 Å². The van der Waals surface area contributed by atoms with Crippen molar-refractivity contribution in [2.24, 2.45) is 0 Å². The minimum atomic E-state index is -0.222. The molecule has 7 heteroatoms. The van der Waals surface area contributed by atoms with Crippen LogP contribution in [-0.2, 0) is 13.0 Å². The summed E-state index contributed by atoms with van der Waals surface area (Å²) in [5, 5.41) is 8.77. The van der Waals surface area contributed by atoms with Gasteiger partial charge in [-0.05, 0) is 65.9 Å². The van der Waals surface area contributed by atoms with Crippen LogP contribution >= 0.6 is 0 Å². The van der Waals surface area contributed by atoms with E-state index in [2.05, 4.69) is 16.0 Å². The van der Waals surface area contributed by atoms with Crippen molar-refractivity contribution in [2.75, 3.05) is 18.2 Å². The van der Waals surface area contributed by atoms with Gasteiger partial charge in [0.15, 0.2) is 0 Å². The maximum absolute atomic E-state index is 12.6. The summed E-state index contributed by atoms with van der Waals surface area (Å²) in [6.45, 7) is 0.428. The van der Waals surface area contributed by atoms with E-state index >= 15 is 0 Å². The van der Waals surface area contributed by atoms with Crippen LogP contribution in [0.3, 0.4) is 0 Å². The van der Waals surface area contributed by atoms with Crippen molar-refractivity contribution in [3.8, 4) is 5.75 Å². The Morgan fingerprint density at radius 1 is 1.06 bits per heavy atom. The Labute approximate surface area is 187 Å². The molecule has 3 aromatic rings. The Morgan fingerprint density at radius 3 is 2.59 bits per heavy atom. The lowest BCUT2D eigenvalue weighted by Crippen LogP contribution is -2.36. The van der Waals surface area contributed by atoms with Crippen LogP contribution in [0.25, 0.3) is 0 Å². The van der Waals surface area contributed by atoms with Gasteiger partial charge < -0.3 is 26.4 Å². The van der Waals surface area contributed by atoms with Gasteiger partial charge in [-0.1, -0.05) is 30.3 Å². The first-order chi connectivity index (χ1) is 15.5. The van der Waals surface area contributed by atoms with E-state index in [4.69, 9.17) is 10.5 Å². The number of rotatable bonds is 6. The van der Waals surface area contributed by atoms with Crippen molar-refractivity contribution in [1.82, 2.24) is 10.6 Å². The van der Waals surface area contributed by atoms with Crippen molar-refractivity contribution in [2.45, 2.75) is 25.4 Å². The molecule has 0 aliphatic heterocycles. The van der Waals surface area contributed by atoms with Gasteiger partial charge in [-0.3, -0.25) is 4.79 Å². The Balaban J connectivity index is 1.35. The molecule has 0 heterocycles. The second kappa shape index (κ2) is 9.43. The highest BCUT2D eigenvalue weighted by atomic mass is 16.5. The average molecular weight is 431 g/mol. The topological polar surface area (TPSA) is 105 Å². The monoisotopic (exact) mass is 430 g/mol. The molecule has 1 aliphatic rings. The van der Waals surface area contributed by atoms with E-state index in [1.165, 1.54) is 0 Å². The number of hydrogen-bond acceptors (Lipinski definition) is 4. The maximum Gasteiger partial charge on any atom is 0.315 e. The van der Waals surface area contributed by atoms with Crippen molar-refractivity contribution >= 4 is 23.3 Å². The quantitative estimate of drug-likeness (QED) is 0.443. The molecule has 164 valence electrons. The Bertz CT molecular complexity index is 1130. The van der Waals surface area contributed by atoms with Gasteiger partial charge in [-0.2, -0.15) is 0 Å². The second-order valence-corrected chi connectivity index (χ2v) is 7.72. The zero-order valence-electron chi connectivity index (χ0n) is 17.9. The summed E-state index contributed by atoms with van der Waals surface area (Å²) >= 11 is 0. The van der Waals surface area contributed by atoms with Gasteiger partial charge in [0.05, 0.1) is 24.5 Å². The normalized spacial score (nSPS) is 14.3. The molecule has 0 saturated heterocycles. The Hall–Kier alpha value is -4.00. The number of nitrogens with two attached hydrogens (primary N) is 1. The number of carbonyl (C=O) groups excluding carboxylic acids is 2. The van der Waals surface area contributed by atoms with Gasteiger partial charge in [0.1, 0.15) is 5.75 Å². The molecule has 4 rings (SSSR count). The first-order valence-electron chi connectivity index (χ1n) is 10.5. The van der Waals surface area contributed by atoms with Crippen LogP contribution in [0.2, 0.25) is 0 Å². The molecule has 0 saturated carbocycles. The number of nitrogen functional groups attached to an aromatic ring is 1. The van der Waals surface area contributed by atoms with E-state index < -0.39 is 0 Å². The number of carbonyl (C=O) groups is 2. The summed E-state index contributed by atoms with van der Waals surface area (Å²) in [7, 11) is 1.62. The van der Waals surface area contributed by atoms with Crippen LogP contribution in [0.1, 0.15) is 39.5 Å². The zero-order valence-corrected chi connectivity index (χ0v) is 17.9. The molecule has 0 spiro atoms. The van der Waals surface area contributed by atoms with Gasteiger partial charge in [-0.15, -0.1) is 0 Å². The summed E-state index contributed by atoms with van der Waals surface area (Å²) in [5.41, 5.74) is 10.7. The summed E-state index contributed by atoms with van der Waals surface area (Å²) in [5.74, 6) is 0.570. The minimum Gasteiger partial charge on any atom is -0.497 e. The third-order valence-corrected chi connectivity index (χ3v) is 5.61. The third kappa shape index (κ3) is 4.83. The number of fused-ring (bicyclic) bond motifs is 1. The first-order valence-corrected chi connectivity index (χ1v) is 10.5. The molecule has 1 unspecified atom stereocenters. The molecule has 5 N–H and O–H groups in total. The standard InChI is InChI=1S/C25H26N4O3/c1-32-19-10-6-16(7-11-19)15-27-25(31)29-22-13-9-17-14-18(8-12-20(17)22)24(30)28-23-5-3-2-4-21(23)26/h2-8,10-12,14,22H,9,13,15,26H2,1H3,(H,28,30)(H2,27,29,31). The molecule has 3 amide bonds. The summed E-state index contributed by atoms with van der Waals surface area (Å²) in [6.07, 6.45) is 1.59. The maximum atomic E-state index is 12.6.